The average molecular weight is 387 g/mol. The van der Waals surface area contributed by atoms with E-state index in [4.69, 9.17) is 4.74 Å². The number of carbonyl (C=O) groups excluding carboxylic acids is 2. The van der Waals surface area contributed by atoms with Crippen molar-refractivity contribution < 1.29 is 14.3 Å². The van der Waals surface area contributed by atoms with Gasteiger partial charge in [0.05, 0.1) is 5.56 Å². The van der Waals surface area contributed by atoms with Gasteiger partial charge >= 0.3 is 5.97 Å². The Morgan fingerprint density at radius 2 is 1.48 bits per heavy atom. The first kappa shape index (κ1) is 20.3. The van der Waals surface area contributed by atoms with Crippen LogP contribution in [-0.4, -0.2) is 25.0 Å². The lowest BCUT2D eigenvalue weighted by Crippen LogP contribution is -2.30. The second-order valence-electron chi connectivity index (χ2n) is 6.96. The molecule has 4 nitrogen and oxygen atoms in total. The summed E-state index contributed by atoms with van der Waals surface area (Å²) in [6, 6.07) is 27.6. The van der Waals surface area contributed by atoms with E-state index in [1.54, 1.807) is 18.2 Å². The Morgan fingerprint density at radius 1 is 0.862 bits per heavy atom. The molecule has 4 heteroatoms. The van der Waals surface area contributed by atoms with E-state index in [1.807, 2.05) is 49.4 Å². The van der Waals surface area contributed by atoms with E-state index in [0.29, 0.717) is 12.1 Å². The van der Waals surface area contributed by atoms with E-state index in [9.17, 15) is 9.59 Å². The van der Waals surface area contributed by atoms with Crippen LogP contribution in [0.5, 0.6) is 0 Å². The van der Waals surface area contributed by atoms with Crippen molar-refractivity contribution in [2.24, 2.45) is 0 Å². The molecule has 0 saturated heterocycles. The summed E-state index contributed by atoms with van der Waals surface area (Å²) >= 11 is 0. The Hall–Kier alpha value is -3.40. The molecule has 1 amide bonds. The van der Waals surface area contributed by atoms with E-state index in [2.05, 4.69) is 29.6 Å². The van der Waals surface area contributed by atoms with Crippen LogP contribution in [0.15, 0.2) is 84.9 Å². The van der Waals surface area contributed by atoms with Gasteiger partial charge < -0.3 is 10.1 Å². The Balaban J connectivity index is 1.51. The summed E-state index contributed by atoms with van der Waals surface area (Å²) in [5, 5.41) is 2.85. The zero-order chi connectivity index (χ0) is 20.5. The van der Waals surface area contributed by atoms with Crippen LogP contribution in [0.2, 0.25) is 0 Å². The number of rotatable bonds is 8. The molecule has 3 rings (SSSR count). The molecule has 29 heavy (non-hydrogen) atoms. The Bertz CT molecular complexity index is 899. The molecule has 0 aromatic heterocycles. The van der Waals surface area contributed by atoms with Gasteiger partial charge in [-0.05, 0) is 36.6 Å². The van der Waals surface area contributed by atoms with Crippen molar-refractivity contribution in [3.05, 3.63) is 107 Å². The summed E-state index contributed by atoms with van der Waals surface area (Å²) in [5.74, 6) is -0.603. The fraction of sp³-hybridized carbons (Fsp3) is 0.200. The van der Waals surface area contributed by atoms with Gasteiger partial charge in [0.15, 0.2) is 6.61 Å². The van der Waals surface area contributed by atoms with Crippen molar-refractivity contribution in [2.75, 3.05) is 13.2 Å². The number of hydrogen-bond acceptors (Lipinski definition) is 3. The fourth-order valence-corrected chi connectivity index (χ4v) is 3.29. The highest BCUT2D eigenvalue weighted by Gasteiger charge is 2.15. The lowest BCUT2D eigenvalue weighted by Gasteiger charge is -2.18. The first-order chi connectivity index (χ1) is 14.1. The molecule has 1 N–H and O–H groups in total. The Labute approximate surface area is 171 Å². The highest BCUT2D eigenvalue weighted by molar-refractivity contribution is 5.91. The van der Waals surface area contributed by atoms with Gasteiger partial charge in [-0.15, -0.1) is 0 Å². The minimum absolute atomic E-state index is 0.188. The summed E-state index contributed by atoms with van der Waals surface area (Å²) in [6.07, 6.45) is 0.756. The van der Waals surface area contributed by atoms with Gasteiger partial charge in [-0.3, -0.25) is 4.79 Å². The molecular weight excluding hydrogens is 362 g/mol. The standard InChI is InChI=1S/C25H25NO3/c1-19-9-8-14-22(17-19)25(28)29-18-24(27)26-16-15-23(20-10-4-2-5-11-20)21-12-6-3-7-13-21/h2-14,17,23H,15-16,18H2,1H3,(H,26,27). The maximum Gasteiger partial charge on any atom is 0.338 e. The van der Waals surface area contributed by atoms with Gasteiger partial charge in [0, 0.05) is 12.5 Å². The number of ether oxygens (including phenoxy) is 1. The first-order valence-electron chi connectivity index (χ1n) is 9.74. The van der Waals surface area contributed by atoms with E-state index in [-0.39, 0.29) is 18.4 Å². The van der Waals surface area contributed by atoms with Crippen LogP contribution in [0.1, 0.15) is 39.4 Å². The molecule has 0 aliphatic heterocycles. The molecule has 0 spiro atoms. The number of aryl methyl sites for hydroxylation is 1. The lowest BCUT2D eigenvalue weighted by molar-refractivity contribution is -0.124. The molecule has 0 heterocycles. The van der Waals surface area contributed by atoms with Crippen LogP contribution in [0.25, 0.3) is 0 Å². The monoisotopic (exact) mass is 387 g/mol. The van der Waals surface area contributed by atoms with Crippen LogP contribution in [0.3, 0.4) is 0 Å². The Morgan fingerprint density at radius 3 is 2.07 bits per heavy atom. The van der Waals surface area contributed by atoms with Crippen molar-refractivity contribution in [3.63, 3.8) is 0 Å². The minimum atomic E-state index is -0.490. The zero-order valence-corrected chi connectivity index (χ0v) is 16.5. The third-order valence-corrected chi connectivity index (χ3v) is 4.75. The first-order valence-corrected chi connectivity index (χ1v) is 9.74. The van der Waals surface area contributed by atoms with Gasteiger partial charge in [0.2, 0.25) is 0 Å². The van der Waals surface area contributed by atoms with Crippen LogP contribution >= 0.6 is 0 Å². The van der Waals surface area contributed by atoms with Gasteiger partial charge in [-0.2, -0.15) is 0 Å². The SMILES string of the molecule is Cc1cccc(C(=O)OCC(=O)NCCC(c2ccccc2)c2ccccc2)c1. The molecule has 0 bridgehead atoms. The molecule has 0 radical (unpaired) electrons. The van der Waals surface area contributed by atoms with Crippen molar-refractivity contribution in [2.45, 2.75) is 19.3 Å². The summed E-state index contributed by atoms with van der Waals surface area (Å²) < 4.78 is 5.12. The largest absolute Gasteiger partial charge is 0.452 e. The van der Waals surface area contributed by atoms with Gasteiger partial charge in [-0.25, -0.2) is 4.79 Å². The summed E-state index contributed by atoms with van der Waals surface area (Å²) in [7, 11) is 0. The fourth-order valence-electron chi connectivity index (χ4n) is 3.29. The highest BCUT2D eigenvalue weighted by atomic mass is 16.5. The number of hydrogen-bond donors (Lipinski definition) is 1. The molecule has 0 aliphatic carbocycles. The maximum absolute atomic E-state index is 12.1. The third kappa shape index (κ3) is 6.04. The number of benzene rings is 3. The van der Waals surface area contributed by atoms with Gasteiger partial charge in [-0.1, -0.05) is 78.4 Å². The van der Waals surface area contributed by atoms with E-state index < -0.39 is 5.97 Å². The van der Waals surface area contributed by atoms with Crippen molar-refractivity contribution in [3.8, 4) is 0 Å². The van der Waals surface area contributed by atoms with Crippen molar-refractivity contribution in [1.82, 2.24) is 5.32 Å². The molecule has 3 aromatic rings. The lowest BCUT2D eigenvalue weighted by atomic mass is 9.88. The number of esters is 1. The number of amides is 1. The molecule has 0 fully saturated rings. The maximum atomic E-state index is 12.1. The van der Waals surface area contributed by atoms with Gasteiger partial charge in [0.25, 0.3) is 5.91 Å². The summed E-state index contributed by atoms with van der Waals surface area (Å²) in [4.78, 5) is 24.2. The summed E-state index contributed by atoms with van der Waals surface area (Å²) in [6.45, 7) is 2.11. The van der Waals surface area contributed by atoms with Crippen LogP contribution in [-0.2, 0) is 9.53 Å². The molecule has 0 unspecified atom stereocenters. The van der Waals surface area contributed by atoms with E-state index in [0.717, 1.165) is 12.0 Å². The smallest absolute Gasteiger partial charge is 0.338 e. The van der Waals surface area contributed by atoms with Crippen LogP contribution in [0.4, 0.5) is 0 Å². The second kappa shape index (κ2) is 10.2. The van der Waals surface area contributed by atoms with Crippen LogP contribution < -0.4 is 5.32 Å². The third-order valence-electron chi connectivity index (χ3n) is 4.75. The predicted molar refractivity (Wildman–Crippen MR) is 114 cm³/mol. The number of carbonyl (C=O) groups is 2. The van der Waals surface area contributed by atoms with Crippen molar-refractivity contribution >= 4 is 11.9 Å². The minimum Gasteiger partial charge on any atom is -0.452 e. The molecule has 3 aromatic carbocycles. The Kier molecular flexibility index (Phi) is 7.17. The molecule has 0 saturated carbocycles. The molecule has 148 valence electrons. The van der Waals surface area contributed by atoms with E-state index >= 15 is 0 Å². The normalized spacial score (nSPS) is 10.6. The van der Waals surface area contributed by atoms with Crippen LogP contribution in [0, 0.1) is 6.92 Å². The molecule has 0 atom stereocenters. The molecular formula is C25H25NO3. The average Bonchev–Trinajstić information content (AvgIpc) is 2.76. The second-order valence-corrected chi connectivity index (χ2v) is 6.96. The predicted octanol–water partition coefficient (Wildman–Crippen LogP) is 4.49. The summed E-state index contributed by atoms with van der Waals surface area (Å²) in [5.41, 5.74) is 3.83. The van der Waals surface area contributed by atoms with E-state index in [1.165, 1.54) is 11.1 Å². The van der Waals surface area contributed by atoms with Crippen molar-refractivity contribution in [1.29, 1.82) is 0 Å². The molecule has 0 aliphatic rings. The number of nitrogens with one attached hydrogen (secondary N) is 1. The highest BCUT2D eigenvalue weighted by Crippen LogP contribution is 2.27. The topological polar surface area (TPSA) is 55.4 Å². The quantitative estimate of drug-likeness (QED) is 0.580. The van der Waals surface area contributed by atoms with Gasteiger partial charge in [0.1, 0.15) is 0 Å². The zero-order valence-electron chi connectivity index (χ0n) is 16.5.